The summed E-state index contributed by atoms with van der Waals surface area (Å²) >= 11 is 0. The minimum atomic E-state index is 0.380. The Bertz CT molecular complexity index is 332. The number of ether oxygens (including phenoxy) is 1. The van der Waals surface area contributed by atoms with Crippen LogP contribution in [0.3, 0.4) is 0 Å². The molecule has 0 amide bonds. The maximum atomic E-state index is 5.86. The molecule has 0 bridgehead atoms. The van der Waals surface area contributed by atoms with E-state index in [2.05, 4.69) is 16.9 Å². The predicted octanol–water partition coefficient (Wildman–Crippen LogP) is 2.26. The van der Waals surface area contributed by atoms with E-state index in [-0.39, 0.29) is 0 Å². The second kappa shape index (κ2) is 4.42. The van der Waals surface area contributed by atoms with Crippen molar-refractivity contribution in [3.05, 3.63) is 24.1 Å². The van der Waals surface area contributed by atoms with Gasteiger partial charge < -0.3 is 10.1 Å². The van der Waals surface area contributed by atoms with Crippen LogP contribution in [0.15, 0.2) is 29.1 Å². The van der Waals surface area contributed by atoms with Crippen LogP contribution in [0.4, 0.5) is 0 Å². The van der Waals surface area contributed by atoms with Gasteiger partial charge in [0.1, 0.15) is 11.9 Å². The summed E-state index contributed by atoms with van der Waals surface area (Å²) in [5.41, 5.74) is 1.37. The van der Waals surface area contributed by atoms with Crippen LogP contribution in [0.1, 0.15) is 26.7 Å². The van der Waals surface area contributed by atoms with Crippen molar-refractivity contribution in [2.24, 2.45) is 10.4 Å². The lowest BCUT2D eigenvalue weighted by Gasteiger charge is -2.53. The Balaban J connectivity index is 1.78. The Morgan fingerprint density at radius 3 is 2.62 bits per heavy atom. The molecule has 88 valence electrons. The molecule has 1 aliphatic heterocycles. The third-order valence-corrected chi connectivity index (χ3v) is 3.32. The third-order valence-electron chi connectivity index (χ3n) is 3.32. The molecular weight excluding hydrogens is 200 g/mol. The lowest BCUT2D eigenvalue weighted by molar-refractivity contribution is -0.0744. The summed E-state index contributed by atoms with van der Waals surface area (Å²) in [4.78, 5) is 4.15. The quantitative estimate of drug-likeness (QED) is 0.582. The van der Waals surface area contributed by atoms with Crippen molar-refractivity contribution in [3.63, 3.8) is 0 Å². The highest BCUT2D eigenvalue weighted by atomic mass is 16.5. The van der Waals surface area contributed by atoms with E-state index in [9.17, 15) is 0 Å². The van der Waals surface area contributed by atoms with Crippen LogP contribution >= 0.6 is 0 Å². The molecule has 0 unspecified atom stereocenters. The van der Waals surface area contributed by atoms with Gasteiger partial charge in [-0.3, -0.25) is 4.99 Å². The molecule has 3 heteroatoms. The summed E-state index contributed by atoms with van der Waals surface area (Å²) in [6.07, 6.45) is 6.45. The minimum absolute atomic E-state index is 0.380. The number of nitrogens with one attached hydrogen (secondary N) is 1. The zero-order valence-corrected chi connectivity index (χ0v) is 10.1. The summed E-state index contributed by atoms with van der Waals surface area (Å²) in [5.74, 6) is 0.857. The van der Waals surface area contributed by atoms with Crippen LogP contribution in [0.5, 0.6) is 0 Å². The number of hydrogen-bond acceptors (Lipinski definition) is 3. The molecule has 0 aromatic heterocycles. The van der Waals surface area contributed by atoms with E-state index >= 15 is 0 Å². The average Bonchev–Trinajstić information content (AvgIpc) is 2.12. The topological polar surface area (TPSA) is 33.6 Å². The van der Waals surface area contributed by atoms with Crippen molar-refractivity contribution in [1.82, 2.24) is 5.32 Å². The summed E-state index contributed by atoms with van der Waals surface area (Å²) < 4.78 is 5.86. The predicted molar refractivity (Wildman–Crippen MR) is 66.5 cm³/mol. The molecule has 1 aliphatic carbocycles. The molecule has 0 radical (unpaired) electrons. The van der Waals surface area contributed by atoms with Crippen LogP contribution in [0.2, 0.25) is 0 Å². The van der Waals surface area contributed by atoms with Crippen LogP contribution in [-0.2, 0) is 4.74 Å². The van der Waals surface area contributed by atoms with E-state index in [1.54, 1.807) is 6.21 Å². The molecule has 3 nitrogen and oxygen atoms in total. The van der Waals surface area contributed by atoms with Gasteiger partial charge >= 0.3 is 0 Å². The van der Waals surface area contributed by atoms with Crippen molar-refractivity contribution >= 4 is 6.21 Å². The van der Waals surface area contributed by atoms with Gasteiger partial charge in [-0.15, -0.1) is 0 Å². The van der Waals surface area contributed by atoms with Crippen molar-refractivity contribution in [3.8, 4) is 0 Å². The van der Waals surface area contributed by atoms with E-state index in [0.29, 0.717) is 11.5 Å². The standard InChI is InChI=1S/C13H20N2O/c1-4-11(7-15-10(2)3)16-12-5-13(6-12)8-14-9-13/h4,7,12,14H,2,5-6,8-9H2,1,3H3/b11-4+,15-7?. The third kappa shape index (κ3) is 2.35. The summed E-state index contributed by atoms with van der Waals surface area (Å²) in [6.45, 7) is 9.91. The van der Waals surface area contributed by atoms with Gasteiger partial charge in [-0.1, -0.05) is 6.58 Å². The minimum Gasteiger partial charge on any atom is -0.489 e. The van der Waals surface area contributed by atoms with Gasteiger partial charge in [0.2, 0.25) is 0 Å². The molecule has 0 aromatic rings. The van der Waals surface area contributed by atoms with Crippen LogP contribution in [-0.4, -0.2) is 25.4 Å². The molecule has 2 fully saturated rings. The Hall–Kier alpha value is -1.09. The molecule has 1 saturated carbocycles. The van der Waals surface area contributed by atoms with Gasteiger partial charge in [-0.25, -0.2) is 0 Å². The fraction of sp³-hybridized carbons (Fsp3) is 0.615. The first kappa shape index (κ1) is 11.4. The monoisotopic (exact) mass is 220 g/mol. The molecule has 2 aliphatic rings. The molecule has 1 heterocycles. The number of rotatable bonds is 4. The van der Waals surface area contributed by atoms with Crippen molar-refractivity contribution in [2.75, 3.05) is 13.1 Å². The van der Waals surface area contributed by atoms with Crippen molar-refractivity contribution < 1.29 is 4.74 Å². The van der Waals surface area contributed by atoms with E-state index in [4.69, 9.17) is 4.74 Å². The molecule has 2 rings (SSSR count). The highest BCUT2D eigenvalue weighted by Crippen LogP contribution is 2.46. The van der Waals surface area contributed by atoms with Gasteiger partial charge in [0.25, 0.3) is 0 Å². The second-order valence-electron chi connectivity index (χ2n) is 4.94. The average molecular weight is 220 g/mol. The Labute approximate surface area is 97.3 Å². The summed E-state index contributed by atoms with van der Waals surface area (Å²) in [7, 11) is 0. The number of hydrogen-bond donors (Lipinski definition) is 1. The van der Waals surface area contributed by atoms with Crippen molar-refractivity contribution in [2.45, 2.75) is 32.8 Å². The first-order valence-corrected chi connectivity index (χ1v) is 5.87. The van der Waals surface area contributed by atoms with Gasteiger partial charge in [0.15, 0.2) is 0 Å². The van der Waals surface area contributed by atoms with E-state index in [1.807, 2.05) is 19.9 Å². The SMILES string of the molecule is C=C(C)N=C/C(=C\C)OC1CC2(CNC2)C1. The first-order valence-electron chi connectivity index (χ1n) is 5.87. The van der Waals surface area contributed by atoms with Gasteiger partial charge in [0.05, 0.1) is 6.21 Å². The van der Waals surface area contributed by atoms with Crippen molar-refractivity contribution in [1.29, 1.82) is 0 Å². The van der Waals surface area contributed by atoms with E-state index < -0.39 is 0 Å². The molecule has 16 heavy (non-hydrogen) atoms. The zero-order valence-electron chi connectivity index (χ0n) is 10.1. The Morgan fingerprint density at radius 2 is 2.19 bits per heavy atom. The molecule has 1 saturated heterocycles. The first-order chi connectivity index (χ1) is 7.63. The second-order valence-corrected chi connectivity index (χ2v) is 4.94. The fourth-order valence-corrected chi connectivity index (χ4v) is 2.30. The normalized spacial score (nSPS) is 24.2. The maximum absolute atomic E-state index is 5.86. The molecule has 1 N–H and O–H groups in total. The Kier molecular flexibility index (Phi) is 3.15. The van der Waals surface area contributed by atoms with Gasteiger partial charge in [-0.05, 0) is 32.8 Å². The lowest BCUT2D eigenvalue weighted by Crippen LogP contribution is -2.62. The fourth-order valence-electron chi connectivity index (χ4n) is 2.30. The van der Waals surface area contributed by atoms with Gasteiger partial charge in [-0.2, -0.15) is 0 Å². The molecular formula is C13H20N2O. The highest BCUT2D eigenvalue weighted by Gasteiger charge is 2.49. The summed E-state index contributed by atoms with van der Waals surface area (Å²) in [6, 6.07) is 0. The Morgan fingerprint density at radius 1 is 1.50 bits per heavy atom. The maximum Gasteiger partial charge on any atom is 0.133 e. The van der Waals surface area contributed by atoms with E-state index in [1.165, 1.54) is 12.8 Å². The largest absolute Gasteiger partial charge is 0.489 e. The number of allylic oxidation sites excluding steroid dienone is 3. The highest BCUT2D eigenvalue weighted by molar-refractivity contribution is 5.76. The summed E-state index contributed by atoms with van der Waals surface area (Å²) in [5, 5.41) is 3.32. The van der Waals surface area contributed by atoms with Gasteiger partial charge in [0, 0.05) is 24.2 Å². The smallest absolute Gasteiger partial charge is 0.133 e. The number of aliphatic imine (C=N–C) groups is 1. The molecule has 1 spiro atoms. The van der Waals surface area contributed by atoms with Crippen LogP contribution in [0, 0.1) is 5.41 Å². The van der Waals surface area contributed by atoms with Crippen LogP contribution in [0.25, 0.3) is 0 Å². The van der Waals surface area contributed by atoms with Crippen LogP contribution < -0.4 is 5.32 Å². The number of nitrogens with zero attached hydrogens (tertiary/aromatic N) is 1. The van der Waals surface area contributed by atoms with E-state index in [0.717, 1.165) is 24.5 Å². The molecule has 0 atom stereocenters. The zero-order chi connectivity index (χ0) is 11.6. The lowest BCUT2D eigenvalue weighted by atomic mass is 9.63. The molecule has 0 aromatic carbocycles.